The van der Waals surface area contributed by atoms with Crippen molar-refractivity contribution in [1.82, 2.24) is 0 Å². The molecule has 0 radical (unpaired) electrons. The van der Waals surface area contributed by atoms with Gasteiger partial charge in [-0.2, -0.15) is 13.2 Å². The predicted octanol–water partition coefficient (Wildman–Crippen LogP) is 3.27. The molecule has 94 valence electrons. The van der Waals surface area contributed by atoms with Crippen molar-refractivity contribution in [3.8, 4) is 5.75 Å². The molecule has 1 aromatic rings. The van der Waals surface area contributed by atoms with Gasteiger partial charge in [-0.1, -0.05) is 15.9 Å². The number of methoxy groups -OCH3 is 1. The fraction of sp³-hybridized carbons (Fsp3) is 0.300. The summed E-state index contributed by atoms with van der Waals surface area (Å²) in [6.07, 6.45) is -4.93. The van der Waals surface area contributed by atoms with Crippen LogP contribution in [0.15, 0.2) is 16.6 Å². The first-order valence-electron chi connectivity index (χ1n) is 4.48. The lowest BCUT2D eigenvalue weighted by atomic mass is 10.2. The number of aryl methyl sites for hydroxylation is 1. The van der Waals surface area contributed by atoms with Gasteiger partial charge in [0.15, 0.2) is 0 Å². The van der Waals surface area contributed by atoms with Gasteiger partial charge in [0.2, 0.25) is 0 Å². The fourth-order valence-electron chi connectivity index (χ4n) is 1.22. The molecule has 0 bridgehead atoms. The van der Waals surface area contributed by atoms with E-state index in [-0.39, 0.29) is 11.4 Å². The lowest BCUT2D eigenvalue weighted by molar-refractivity contribution is -0.167. The van der Waals surface area contributed by atoms with Crippen LogP contribution in [0.5, 0.6) is 5.75 Å². The van der Waals surface area contributed by atoms with E-state index in [1.807, 2.05) is 0 Å². The Balaban J connectivity index is 3.10. The molecule has 1 rings (SSSR count). The highest BCUT2D eigenvalue weighted by Crippen LogP contribution is 2.33. The molecule has 1 N–H and O–H groups in total. The lowest BCUT2D eigenvalue weighted by Crippen LogP contribution is -2.30. The first-order chi connectivity index (χ1) is 7.75. The maximum atomic E-state index is 12.1. The molecule has 1 amide bonds. The number of ether oxygens (including phenoxy) is 1. The first kappa shape index (κ1) is 13.8. The average molecular weight is 312 g/mol. The minimum Gasteiger partial charge on any atom is -0.495 e. The molecule has 0 unspecified atom stereocenters. The number of benzene rings is 1. The van der Waals surface area contributed by atoms with Crippen LogP contribution in [0.4, 0.5) is 18.9 Å². The molecule has 7 heteroatoms. The molecular weight excluding hydrogens is 303 g/mol. The number of nitrogens with one attached hydrogen (secondary N) is 1. The van der Waals surface area contributed by atoms with E-state index in [1.54, 1.807) is 18.3 Å². The van der Waals surface area contributed by atoms with Crippen molar-refractivity contribution in [3.63, 3.8) is 0 Å². The van der Waals surface area contributed by atoms with Crippen LogP contribution in [0.2, 0.25) is 0 Å². The summed E-state index contributed by atoms with van der Waals surface area (Å²) in [5.41, 5.74) is 0.479. The van der Waals surface area contributed by atoms with Gasteiger partial charge in [-0.15, -0.1) is 0 Å². The summed E-state index contributed by atoms with van der Waals surface area (Å²) in [5, 5.41) is 1.79. The fourth-order valence-corrected chi connectivity index (χ4v) is 1.77. The third kappa shape index (κ3) is 3.36. The topological polar surface area (TPSA) is 38.3 Å². The number of alkyl halides is 3. The standard InChI is InChI=1S/C10H9BrF3NO2/c1-5-3-6(11)4-7(17-2)8(5)15-9(16)10(12,13)14/h3-4H,1-2H3,(H,15,16). The summed E-state index contributed by atoms with van der Waals surface area (Å²) in [7, 11) is 1.31. The second kappa shape index (κ2) is 4.95. The normalized spacial score (nSPS) is 11.2. The number of carbonyl (C=O) groups excluding carboxylic acids is 1. The average Bonchev–Trinajstić information content (AvgIpc) is 2.19. The van der Waals surface area contributed by atoms with E-state index >= 15 is 0 Å². The van der Waals surface area contributed by atoms with Gasteiger partial charge < -0.3 is 10.1 Å². The van der Waals surface area contributed by atoms with E-state index in [0.717, 1.165) is 0 Å². The molecule has 3 nitrogen and oxygen atoms in total. The third-order valence-corrected chi connectivity index (χ3v) is 2.44. The Kier molecular flexibility index (Phi) is 4.03. The van der Waals surface area contributed by atoms with Crippen molar-refractivity contribution in [2.45, 2.75) is 13.1 Å². The van der Waals surface area contributed by atoms with Crippen LogP contribution in [0.1, 0.15) is 5.56 Å². The van der Waals surface area contributed by atoms with E-state index in [9.17, 15) is 18.0 Å². The van der Waals surface area contributed by atoms with Crippen LogP contribution in [0, 0.1) is 6.92 Å². The number of anilines is 1. The van der Waals surface area contributed by atoms with Gasteiger partial charge in [-0.25, -0.2) is 0 Å². The molecular formula is C10H9BrF3NO2. The maximum Gasteiger partial charge on any atom is 0.471 e. The van der Waals surface area contributed by atoms with Gasteiger partial charge in [0.25, 0.3) is 0 Å². The minimum atomic E-state index is -4.93. The van der Waals surface area contributed by atoms with E-state index < -0.39 is 12.1 Å². The van der Waals surface area contributed by atoms with Gasteiger partial charge in [0, 0.05) is 4.47 Å². The Morgan fingerprint density at radius 1 is 1.41 bits per heavy atom. The Morgan fingerprint density at radius 3 is 2.47 bits per heavy atom. The van der Waals surface area contributed by atoms with Gasteiger partial charge in [0.05, 0.1) is 12.8 Å². The van der Waals surface area contributed by atoms with Crippen LogP contribution in [0.3, 0.4) is 0 Å². The van der Waals surface area contributed by atoms with E-state index in [4.69, 9.17) is 4.74 Å². The number of amides is 1. The Hall–Kier alpha value is -1.24. The zero-order chi connectivity index (χ0) is 13.2. The number of hydrogen-bond donors (Lipinski definition) is 1. The Bertz CT molecular complexity index is 446. The van der Waals surface area contributed by atoms with Gasteiger partial charge in [0.1, 0.15) is 5.75 Å². The highest BCUT2D eigenvalue weighted by Gasteiger charge is 2.39. The minimum absolute atomic E-state index is 0.0121. The number of halogens is 4. The molecule has 17 heavy (non-hydrogen) atoms. The van der Waals surface area contributed by atoms with Crippen molar-refractivity contribution in [3.05, 3.63) is 22.2 Å². The van der Waals surface area contributed by atoms with Crippen LogP contribution in [-0.4, -0.2) is 19.2 Å². The van der Waals surface area contributed by atoms with Gasteiger partial charge in [-0.3, -0.25) is 4.79 Å². The first-order valence-corrected chi connectivity index (χ1v) is 5.27. The van der Waals surface area contributed by atoms with Crippen LogP contribution >= 0.6 is 15.9 Å². The summed E-state index contributed by atoms with van der Waals surface area (Å²) in [6.45, 7) is 1.57. The van der Waals surface area contributed by atoms with Crippen molar-refractivity contribution in [1.29, 1.82) is 0 Å². The SMILES string of the molecule is COc1cc(Br)cc(C)c1NC(=O)C(F)(F)F. The largest absolute Gasteiger partial charge is 0.495 e. The highest BCUT2D eigenvalue weighted by molar-refractivity contribution is 9.10. The molecule has 0 spiro atoms. The van der Waals surface area contributed by atoms with Crippen LogP contribution in [0.25, 0.3) is 0 Å². The quantitative estimate of drug-likeness (QED) is 0.910. The zero-order valence-corrected chi connectivity index (χ0v) is 10.6. The van der Waals surface area contributed by atoms with Gasteiger partial charge >= 0.3 is 12.1 Å². The lowest BCUT2D eigenvalue weighted by Gasteiger charge is -2.14. The molecule has 0 saturated carbocycles. The summed E-state index contributed by atoms with van der Waals surface area (Å²) < 4.78 is 41.9. The smallest absolute Gasteiger partial charge is 0.471 e. The van der Waals surface area contributed by atoms with Crippen molar-refractivity contribution < 1.29 is 22.7 Å². The molecule has 0 heterocycles. The summed E-state index contributed by atoms with van der Waals surface area (Å²) in [6, 6.07) is 3.05. The van der Waals surface area contributed by atoms with Crippen LogP contribution < -0.4 is 10.1 Å². The number of hydrogen-bond acceptors (Lipinski definition) is 2. The molecule has 1 aromatic carbocycles. The molecule has 0 aliphatic heterocycles. The van der Waals surface area contributed by atoms with Crippen LogP contribution in [-0.2, 0) is 4.79 Å². The molecule has 0 fully saturated rings. The van der Waals surface area contributed by atoms with E-state index in [0.29, 0.717) is 10.0 Å². The van der Waals surface area contributed by atoms with Gasteiger partial charge in [-0.05, 0) is 24.6 Å². The molecule has 0 aliphatic rings. The monoisotopic (exact) mass is 311 g/mol. The maximum absolute atomic E-state index is 12.1. The Morgan fingerprint density at radius 2 is 2.00 bits per heavy atom. The number of rotatable bonds is 2. The van der Waals surface area contributed by atoms with E-state index in [2.05, 4.69) is 15.9 Å². The summed E-state index contributed by atoms with van der Waals surface area (Å²) in [5.74, 6) is -1.87. The second-order valence-corrected chi connectivity index (χ2v) is 4.17. The van der Waals surface area contributed by atoms with Crippen molar-refractivity contribution in [2.75, 3.05) is 12.4 Å². The number of carbonyl (C=O) groups is 1. The second-order valence-electron chi connectivity index (χ2n) is 3.25. The Labute approximate surface area is 104 Å². The van der Waals surface area contributed by atoms with E-state index in [1.165, 1.54) is 13.2 Å². The van der Waals surface area contributed by atoms with Crippen molar-refractivity contribution in [2.24, 2.45) is 0 Å². The predicted molar refractivity (Wildman–Crippen MR) is 60.1 cm³/mol. The molecule has 0 aromatic heterocycles. The summed E-state index contributed by atoms with van der Waals surface area (Å²) in [4.78, 5) is 10.8. The molecule has 0 atom stereocenters. The summed E-state index contributed by atoms with van der Waals surface area (Å²) >= 11 is 3.18. The highest BCUT2D eigenvalue weighted by atomic mass is 79.9. The van der Waals surface area contributed by atoms with Crippen molar-refractivity contribution >= 4 is 27.5 Å². The molecule has 0 saturated heterocycles. The molecule has 0 aliphatic carbocycles. The third-order valence-electron chi connectivity index (χ3n) is 1.98. The zero-order valence-electron chi connectivity index (χ0n) is 8.98.